The van der Waals surface area contributed by atoms with E-state index in [0.717, 1.165) is 54.0 Å². The lowest BCUT2D eigenvalue weighted by Gasteiger charge is -2.29. The van der Waals surface area contributed by atoms with Gasteiger partial charge in [0.15, 0.2) is 0 Å². The first-order valence-corrected chi connectivity index (χ1v) is 11.7. The Morgan fingerprint density at radius 1 is 1.17 bits per heavy atom. The van der Waals surface area contributed by atoms with Gasteiger partial charge in [0.25, 0.3) is 0 Å². The first kappa shape index (κ1) is 24.8. The molecule has 1 unspecified atom stereocenters. The molecule has 0 radical (unpaired) electrons. The van der Waals surface area contributed by atoms with Crippen molar-refractivity contribution in [2.24, 2.45) is 11.7 Å². The average Bonchev–Trinajstić information content (AvgIpc) is 2.71. The number of methoxy groups -OCH3 is 1. The quantitative estimate of drug-likeness (QED) is 0.565. The molecule has 1 aromatic carbocycles. The molecule has 1 fully saturated rings. The predicted molar refractivity (Wildman–Crippen MR) is 120 cm³/mol. The summed E-state index contributed by atoms with van der Waals surface area (Å²) in [4.78, 5) is 14.9. The molecule has 1 amide bonds. The zero-order valence-electron chi connectivity index (χ0n) is 19.0. The summed E-state index contributed by atoms with van der Waals surface area (Å²) in [7, 11) is 3.95. The maximum atomic E-state index is 12.9. The number of nitrogens with two attached hydrogens (primary N) is 1. The number of hydrogen-bond donors (Lipinski definition) is 1. The maximum Gasteiger partial charge on any atom is 0.248 e. The molecule has 0 bridgehead atoms. The predicted octanol–water partition coefficient (Wildman–Crippen LogP) is 2.26. The SMILES string of the molecule is COc1cc(C)c(S(=O)N(C)CCOCC(=O)N(C)CC2CCC(N)CC2)c(C)c1. The summed E-state index contributed by atoms with van der Waals surface area (Å²) in [5, 5.41) is 0. The Kier molecular flexibility index (Phi) is 9.74. The van der Waals surface area contributed by atoms with Crippen LogP contribution in [0.4, 0.5) is 0 Å². The molecule has 1 aliphatic carbocycles. The molecule has 0 aromatic heterocycles. The van der Waals surface area contributed by atoms with E-state index < -0.39 is 11.0 Å². The van der Waals surface area contributed by atoms with Gasteiger partial charge >= 0.3 is 0 Å². The van der Waals surface area contributed by atoms with E-state index >= 15 is 0 Å². The van der Waals surface area contributed by atoms with Gasteiger partial charge in [0, 0.05) is 33.2 Å². The number of carbonyl (C=O) groups excluding carboxylic acids is 1. The number of nitrogens with zero attached hydrogens (tertiary/aromatic N) is 2. The van der Waals surface area contributed by atoms with Gasteiger partial charge in [-0.3, -0.25) is 4.79 Å². The van der Waals surface area contributed by atoms with E-state index in [1.807, 2.05) is 33.0 Å². The Labute approximate surface area is 183 Å². The van der Waals surface area contributed by atoms with Crippen LogP contribution in [0, 0.1) is 19.8 Å². The number of ether oxygens (including phenoxy) is 2. The highest BCUT2D eigenvalue weighted by Gasteiger charge is 2.22. The highest BCUT2D eigenvalue weighted by atomic mass is 32.2. The van der Waals surface area contributed by atoms with Crippen molar-refractivity contribution in [1.29, 1.82) is 0 Å². The summed E-state index contributed by atoms with van der Waals surface area (Å²) in [6.07, 6.45) is 4.25. The molecular weight excluding hydrogens is 402 g/mol. The molecule has 30 heavy (non-hydrogen) atoms. The molecule has 0 heterocycles. The second-order valence-corrected chi connectivity index (χ2v) is 9.83. The van der Waals surface area contributed by atoms with Crippen molar-refractivity contribution >= 4 is 16.9 Å². The minimum Gasteiger partial charge on any atom is -0.497 e. The van der Waals surface area contributed by atoms with Crippen molar-refractivity contribution in [1.82, 2.24) is 9.21 Å². The van der Waals surface area contributed by atoms with Crippen LogP contribution >= 0.6 is 0 Å². The summed E-state index contributed by atoms with van der Waals surface area (Å²) in [5.74, 6) is 1.27. The first-order valence-electron chi connectivity index (χ1n) is 10.6. The largest absolute Gasteiger partial charge is 0.497 e. The van der Waals surface area contributed by atoms with E-state index in [-0.39, 0.29) is 12.5 Å². The van der Waals surface area contributed by atoms with E-state index in [9.17, 15) is 9.00 Å². The van der Waals surface area contributed by atoms with Crippen molar-refractivity contribution in [3.63, 3.8) is 0 Å². The smallest absolute Gasteiger partial charge is 0.248 e. The fourth-order valence-electron chi connectivity index (χ4n) is 3.87. The van der Waals surface area contributed by atoms with Gasteiger partial charge in [0.1, 0.15) is 23.3 Å². The monoisotopic (exact) mass is 439 g/mol. The third-order valence-corrected chi connectivity index (χ3v) is 7.49. The molecule has 1 aromatic rings. The molecule has 8 heteroatoms. The van der Waals surface area contributed by atoms with E-state index in [0.29, 0.717) is 25.1 Å². The minimum absolute atomic E-state index is 0.0181. The number of carbonyl (C=O) groups is 1. The van der Waals surface area contributed by atoms with Crippen LogP contribution in [0.3, 0.4) is 0 Å². The highest BCUT2D eigenvalue weighted by Crippen LogP contribution is 2.26. The fraction of sp³-hybridized carbons (Fsp3) is 0.682. The van der Waals surface area contributed by atoms with Crippen LogP contribution in [-0.2, 0) is 20.5 Å². The minimum atomic E-state index is -1.30. The standard InChI is InChI=1S/C22H37N3O4S/c1-16-12-20(28-5)13-17(2)22(16)30(27)25(4)10-11-29-15-21(26)24(3)14-18-6-8-19(23)9-7-18/h12-13,18-19H,6-11,14-15,23H2,1-5H3. The van der Waals surface area contributed by atoms with Crippen molar-refractivity contribution < 1.29 is 18.5 Å². The van der Waals surface area contributed by atoms with Crippen LogP contribution in [0.15, 0.2) is 17.0 Å². The molecule has 0 aliphatic heterocycles. The number of likely N-dealkylation sites (N-methyl/N-ethyl adjacent to an activating group) is 2. The van der Waals surface area contributed by atoms with E-state index in [1.165, 1.54) is 0 Å². The lowest BCUT2D eigenvalue weighted by Crippen LogP contribution is -2.37. The molecule has 0 spiro atoms. The number of rotatable bonds is 10. The highest BCUT2D eigenvalue weighted by molar-refractivity contribution is 7.82. The zero-order chi connectivity index (χ0) is 22.3. The average molecular weight is 440 g/mol. The van der Waals surface area contributed by atoms with E-state index in [1.54, 1.807) is 23.4 Å². The molecule has 2 rings (SSSR count). The van der Waals surface area contributed by atoms with Gasteiger partial charge in [-0.15, -0.1) is 0 Å². The number of aryl methyl sites for hydroxylation is 2. The third kappa shape index (κ3) is 7.04. The van der Waals surface area contributed by atoms with Crippen molar-refractivity contribution in [3.05, 3.63) is 23.3 Å². The van der Waals surface area contributed by atoms with Gasteiger partial charge in [0.2, 0.25) is 5.91 Å². The second kappa shape index (κ2) is 11.8. The lowest BCUT2D eigenvalue weighted by atomic mass is 9.86. The second-order valence-electron chi connectivity index (χ2n) is 8.30. The van der Waals surface area contributed by atoms with Crippen molar-refractivity contribution in [3.8, 4) is 5.75 Å². The number of hydrogen-bond acceptors (Lipinski definition) is 5. The van der Waals surface area contributed by atoms with Gasteiger partial charge in [-0.05, 0) is 68.7 Å². The summed E-state index contributed by atoms with van der Waals surface area (Å²) in [5.41, 5.74) is 7.81. The summed E-state index contributed by atoms with van der Waals surface area (Å²) >= 11 is 0. The number of amides is 1. The van der Waals surface area contributed by atoms with Gasteiger partial charge in [-0.1, -0.05) is 0 Å². The van der Waals surface area contributed by atoms with Crippen LogP contribution in [0.25, 0.3) is 0 Å². The van der Waals surface area contributed by atoms with Crippen LogP contribution in [-0.4, -0.2) is 72.9 Å². The van der Waals surface area contributed by atoms with Crippen LogP contribution in [0.5, 0.6) is 5.75 Å². The van der Waals surface area contributed by atoms with Crippen LogP contribution < -0.4 is 10.5 Å². The molecule has 2 N–H and O–H groups in total. The topological polar surface area (TPSA) is 85.1 Å². The summed E-state index contributed by atoms with van der Waals surface area (Å²) in [6, 6.07) is 4.09. The lowest BCUT2D eigenvalue weighted by molar-refractivity contribution is -0.135. The number of benzene rings is 1. The van der Waals surface area contributed by atoms with Crippen molar-refractivity contribution in [2.75, 3.05) is 47.5 Å². The Balaban J connectivity index is 1.74. The third-order valence-electron chi connectivity index (χ3n) is 5.75. The van der Waals surface area contributed by atoms with E-state index in [4.69, 9.17) is 15.2 Å². The van der Waals surface area contributed by atoms with Gasteiger partial charge in [-0.25, -0.2) is 8.51 Å². The van der Waals surface area contributed by atoms with Gasteiger partial charge < -0.3 is 20.1 Å². The molecule has 1 atom stereocenters. The summed E-state index contributed by atoms with van der Waals surface area (Å²) in [6.45, 7) is 5.48. The molecule has 170 valence electrons. The van der Waals surface area contributed by atoms with E-state index in [2.05, 4.69) is 0 Å². The van der Waals surface area contributed by atoms with Gasteiger partial charge in [-0.2, -0.15) is 0 Å². The fourth-order valence-corrected chi connectivity index (χ4v) is 5.09. The Morgan fingerprint density at radius 2 is 1.77 bits per heavy atom. The molecule has 7 nitrogen and oxygen atoms in total. The van der Waals surface area contributed by atoms with Crippen LogP contribution in [0.2, 0.25) is 0 Å². The normalized spacial score (nSPS) is 20.2. The molecule has 0 saturated heterocycles. The van der Waals surface area contributed by atoms with Gasteiger partial charge in [0.05, 0.1) is 18.6 Å². The zero-order valence-corrected chi connectivity index (χ0v) is 19.8. The Morgan fingerprint density at radius 3 is 2.33 bits per heavy atom. The van der Waals surface area contributed by atoms with Crippen molar-refractivity contribution in [2.45, 2.75) is 50.5 Å². The summed E-state index contributed by atoms with van der Waals surface area (Å²) < 4.78 is 25.5. The first-order chi connectivity index (χ1) is 14.2. The van der Waals surface area contributed by atoms with Crippen LogP contribution in [0.1, 0.15) is 36.8 Å². The maximum absolute atomic E-state index is 12.9. The Hall–Kier alpha value is -1.48. The molecular formula is C22H37N3O4S. The molecule has 1 aliphatic rings. The Bertz CT molecular complexity index is 712. The molecule has 1 saturated carbocycles.